The highest BCUT2D eigenvalue weighted by molar-refractivity contribution is 6.00. The van der Waals surface area contributed by atoms with Crippen LogP contribution in [-0.2, 0) is 4.79 Å². The van der Waals surface area contributed by atoms with Crippen LogP contribution in [0.5, 0.6) is 0 Å². The molecule has 1 aliphatic carbocycles. The van der Waals surface area contributed by atoms with Gasteiger partial charge < -0.3 is 10.7 Å². The third kappa shape index (κ3) is 14.2. The standard InChI is InChI=1S/C22H29N.C6H11NO.C2H6/c1-4-6-8-21(17(3)23)16-22(9-7-5-2)20-14-12-19(13-15-20)18-10-11-18;1-2-3-4-5-7-6-8;1-2/h7-9,12-16,18,23H,4-6,10-11H2,1-3H3;2-3,6H,4-5H2,1H3,(H,7,8);1-2H3/b9-7+,21-8-,22-16+,23-17?;3-2+;. The van der Waals surface area contributed by atoms with E-state index in [1.807, 2.05) is 39.8 Å². The van der Waals surface area contributed by atoms with E-state index in [1.54, 1.807) is 0 Å². The molecule has 0 aliphatic heterocycles. The summed E-state index contributed by atoms with van der Waals surface area (Å²) in [6.45, 7) is 12.9. The molecule has 0 spiro atoms. The number of unbranched alkanes of at least 4 members (excludes halogenated alkanes) is 1. The first kappa shape index (κ1) is 30.3. The second kappa shape index (κ2) is 20.0. The Bertz CT molecular complexity index is 778. The van der Waals surface area contributed by atoms with Gasteiger partial charge in [-0.1, -0.05) is 88.8 Å². The molecule has 0 heterocycles. The molecule has 2 rings (SSSR count). The average molecular weight is 451 g/mol. The SMILES string of the molecule is C/C=C/CCNC=O.CC.CC/C=C/C(=C\C(=C\CCC)C(C)=N)c1ccc(C2CC2)cc1. The van der Waals surface area contributed by atoms with E-state index in [0.29, 0.717) is 12.1 Å². The molecule has 1 saturated carbocycles. The topological polar surface area (TPSA) is 53.0 Å². The van der Waals surface area contributed by atoms with Crippen LogP contribution in [0.3, 0.4) is 0 Å². The third-order valence-electron chi connectivity index (χ3n) is 5.00. The molecule has 1 fully saturated rings. The van der Waals surface area contributed by atoms with Crippen LogP contribution in [0.15, 0.2) is 66.3 Å². The molecule has 0 radical (unpaired) electrons. The van der Waals surface area contributed by atoms with E-state index < -0.39 is 0 Å². The molecule has 3 nitrogen and oxygen atoms in total. The summed E-state index contributed by atoms with van der Waals surface area (Å²) in [4.78, 5) is 9.63. The van der Waals surface area contributed by atoms with Gasteiger partial charge in [0.25, 0.3) is 0 Å². The van der Waals surface area contributed by atoms with Gasteiger partial charge in [0.1, 0.15) is 0 Å². The van der Waals surface area contributed by atoms with Crippen molar-refractivity contribution in [2.24, 2.45) is 0 Å². The molecule has 1 aromatic rings. The summed E-state index contributed by atoms with van der Waals surface area (Å²) >= 11 is 0. The number of carbonyl (C=O) groups is 1. The lowest BCUT2D eigenvalue weighted by Gasteiger charge is -2.07. The van der Waals surface area contributed by atoms with Gasteiger partial charge in [0.15, 0.2) is 0 Å². The molecule has 0 bridgehead atoms. The van der Waals surface area contributed by atoms with E-state index in [4.69, 9.17) is 5.41 Å². The molecule has 1 aliphatic rings. The van der Waals surface area contributed by atoms with Crippen molar-refractivity contribution in [3.05, 3.63) is 77.4 Å². The Morgan fingerprint density at radius 1 is 1.09 bits per heavy atom. The van der Waals surface area contributed by atoms with E-state index in [-0.39, 0.29) is 0 Å². The number of rotatable bonds is 12. The highest BCUT2D eigenvalue weighted by atomic mass is 16.1. The van der Waals surface area contributed by atoms with Crippen molar-refractivity contribution in [2.75, 3.05) is 6.54 Å². The lowest BCUT2D eigenvalue weighted by molar-refractivity contribution is -0.109. The molecule has 1 aromatic carbocycles. The first-order valence-corrected chi connectivity index (χ1v) is 12.6. The molecule has 0 saturated heterocycles. The Labute approximate surface area is 203 Å². The van der Waals surface area contributed by atoms with Crippen molar-refractivity contribution in [1.82, 2.24) is 5.32 Å². The third-order valence-corrected chi connectivity index (χ3v) is 5.00. The van der Waals surface area contributed by atoms with E-state index in [0.717, 1.165) is 43.7 Å². The van der Waals surface area contributed by atoms with Gasteiger partial charge in [-0.3, -0.25) is 4.79 Å². The lowest BCUT2D eigenvalue weighted by Crippen LogP contribution is -2.10. The highest BCUT2D eigenvalue weighted by Crippen LogP contribution is 2.40. The fourth-order valence-electron chi connectivity index (χ4n) is 3.02. The van der Waals surface area contributed by atoms with E-state index in [2.05, 4.69) is 67.7 Å². The largest absolute Gasteiger partial charge is 0.358 e. The summed E-state index contributed by atoms with van der Waals surface area (Å²) < 4.78 is 0. The molecule has 0 atom stereocenters. The zero-order valence-corrected chi connectivity index (χ0v) is 21.8. The molecule has 0 unspecified atom stereocenters. The van der Waals surface area contributed by atoms with Crippen molar-refractivity contribution in [1.29, 1.82) is 5.41 Å². The minimum absolute atomic E-state index is 0.635. The fraction of sp³-hybridized carbons (Fsp3) is 0.467. The molecular formula is C30H46N2O. The number of allylic oxidation sites excluding steroid dienone is 7. The van der Waals surface area contributed by atoms with Gasteiger partial charge in [-0.05, 0) is 80.2 Å². The van der Waals surface area contributed by atoms with Crippen LogP contribution >= 0.6 is 0 Å². The fourth-order valence-corrected chi connectivity index (χ4v) is 3.02. The molecule has 33 heavy (non-hydrogen) atoms. The lowest BCUT2D eigenvalue weighted by atomic mass is 9.98. The Kier molecular flexibility index (Phi) is 18.3. The molecule has 1 amide bonds. The van der Waals surface area contributed by atoms with Gasteiger partial charge in [0.05, 0.1) is 0 Å². The van der Waals surface area contributed by atoms with Crippen molar-refractivity contribution < 1.29 is 4.79 Å². The normalized spacial score (nSPS) is 13.8. The van der Waals surface area contributed by atoms with Gasteiger partial charge in [0.2, 0.25) is 6.41 Å². The maximum Gasteiger partial charge on any atom is 0.207 e. The predicted octanol–water partition coefficient (Wildman–Crippen LogP) is 8.40. The summed E-state index contributed by atoms with van der Waals surface area (Å²) in [5, 5.41) is 10.6. The highest BCUT2D eigenvalue weighted by Gasteiger charge is 2.22. The Hall–Kier alpha value is -2.68. The Morgan fingerprint density at radius 3 is 2.24 bits per heavy atom. The second-order valence-electron chi connectivity index (χ2n) is 7.81. The van der Waals surface area contributed by atoms with Crippen molar-refractivity contribution in [3.63, 3.8) is 0 Å². The summed E-state index contributed by atoms with van der Waals surface area (Å²) in [7, 11) is 0. The predicted molar refractivity (Wildman–Crippen MR) is 147 cm³/mol. The van der Waals surface area contributed by atoms with Gasteiger partial charge in [-0.25, -0.2) is 0 Å². The zero-order valence-electron chi connectivity index (χ0n) is 21.8. The van der Waals surface area contributed by atoms with Crippen molar-refractivity contribution in [3.8, 4) is 0 Å². The summed E-state index contributed by atoms with van der Waals surface area (Å²) in [6, 6.07) is 9.01. The maximum atomic E-state index is 9.63. The summed E-state index contributed by atoms with van der Waals surface area (Å²) in [6.07, 6.45) is 20.2. The van der Waals surface area contributed by atoms with Gasteiger partial charge in [-0.2, -0.15) is 0 Å². The van der Waals surface area contributed by atoms with E-state index >= 15 is 0 Å². The van der Waals surface area contributed by atoms with Gasteiger partial charge in [0, 0.05) is 12.3 Å². The number of amides is 1. The van der Waals surface area contributed by atoms with Gasteiger partial charge >= 0.3 is 0 Å². The quantitative estimate of drug-likeness (QED) is 0.108. The smallest absolute Gasteiger partial charge is 0.207 e. The van der Waals surface area contributed by atoms with Crippen molar-refractivity contribution >= 4 is 17.7 Å². The summed E-state index contributed by atoms with van der Waals surface area (Å²) in [5.74, 6) is 0.798. The van der Waals surface area contributed by atoms with Gasteiger partial charge in [-0.15, -0.1) is 0 Å². The molecule has 0 aromatic heterocycles. The van der Waals surface area contributed by atoms with Crippen LogP contribution in [-0.4, -0.2) is 18.7 Å². The molecular weight excluding hydrogens is 404 g/mol. The molecule has 2 N–H and O–H groups in total. The minimum Gasteiger partial charge on any atom is -0.358 e. The molecule has 3 heteroatoms. The van der Waals surface area contributed by atoms with Crippen LogP contribution in [0, 0.1) is 5.41 Å². The van der Waals surface area contributed by atoms with Crippen LogP contribution < -0.4 is 5.32 Å². The molecule has 182 valence electrons. The first-order valence-electron chi connectivity index (χ1n) is 12.6. The van der Waals surface area contributed by atoms with E-state index in [9.17, 15) is 4.79 Å². The van der Waals surface area contributed by atoms with Crippen LogP contribution in [0.1, 0.15) is 97.1 Å². The number of nitrogens with one attached hydrogen (secondary N) is 2. The number of carbonyl (C=O) groups excluding carboxylic acids is 1. The second-order valence-corrected chi connectivity index (χ2v) is 7.81. The maximum absolute atomic E-state index is 9.63. The van der Waals surface area contributed by atoms with Crippen LogP contribution in [0.4, 0.5) is 0 Å². The summed E-state index contributed by atoms with van der Waals surface area (Å²) in [5.41, 5.74) is 5.58. The Balaban J connectivity index is 0.000000868. The average Bonchev–Trinajstić information content (AvgIpc) is 3.69. The Morgan fingerprint density at radius 2 is 1.76 bits per heavy atom. The van der Waals surface area contributed by atoms with Crippen LogP contribution in [0.25, 0.3) is 5.57 Å². The first-order chi connectivity index (χ1) is 16.1. The monoisotopic (exact) mass is 450 g/mol. The number of hydrogen-bond donors (Lipinski definition) is 2. The number of benzene rings is 1. The number of hydrogen-bond acceptors (Lipinski definition) is 2. The van der Waals surface area contributed by atoms with Crippen molar-refractivity contribution in [2.45, 2.75) is 86.0 Å². The van der Waals surface area contributed by atoms with Crippen LogP contribution in [0.2, 0.25) is 0 Å². The van der Waals surface area contributed by atoms with E-state index in [1.165, 1.54) is 29.5 Å². The zero-order chi connectivity index (χ0) is 24.9. The minimum atomic E-state index is 0.635.